The van der Waals surface area contributed by atoms with E-state index in [0.29, 0.717) is 22.6 Å². The molecule has 0 aliphatic heterocycles. The molecule has 0 saturated heterocycles. The van der Waals surface area contributed by atoms with Crippen molar-refractivity contribution in [2.24, 2.45) is 4.99 Å². The topological polar surface area (TPSA) is 71.7 Å². The van der Waals surface area contributed by atoms with Crippen molar-refractivity contribution in [2.45, 2.75) is 18.4 Å². The van der Waals surface area contributed by atoms with Gasteiger partial charge in [0.2, 0.25) is 0 Å². The lowest BCUT2D eigenvalue weighted by atomic mass is 10.1. The van der Waals surface area contributed by atoms with Gasteiger partial charge >= 0.3 is 0 Å². The van der Waals surface area contributed by atoms with E-state index in [1.54, 1.807) is 24.3 Å². The van der Waals surface area contributed by atoms with Gasteiger partial charge < -0.3 is 4.57 Å². The van der Waals surface area contributed by atoms with Gasteiger partial charge in [-0.05, 0) is 54.8 Å². The van der Waals surface area contributed by atoms with Gasteiger partial charge in [0.25, 0.3) is 15.9 Å². The molecule has 35 heavy (non-hydrogen) atoms. The molecule has 1 amide bonds. The lowest BCUT2D eigenvalue weighted by Crippen LogP contribution is -2.26. The first kappa shape index (κ1) is 23.0. The summed E-state index contributed by atoms with van der Waals surface area (Å²) in [5.41, 5.74) is 1.95. The predicted molar refractivity (Wildman–Crippen MR) is 141 cm³/mol. The minimum Gasteiger partial charge on any atom is -0.316 e. The molecule has 0 spiro atoms. The number of nitrogens with zero attached hydrogens (tertiary/aromatic N) is 3. The third-order valence-corrected chi connectivity index (χ3v) is 8.80. The smallest absolute Gasteiger partial charge is 0.279 e. The molecule has 5 aromatic rings. The summed E-state index contributed by atoms with van der Waals surface area (Å²) in [7, 11) is -2.25. The summed E-state index contributed by atoms with van der Waals surface area (Å²) in [5.74, 6) is -0.413. The molecular formula is C27H23N3O3S2. The molecule has 0 radical (unpaired) electrons. The molecule has 0 aliphatic carbocycles. The first-order chi connectivity index (χ1) is 16.9. The van der Waals surface area contributed by atoms with E-state index in [-0.39, 0.29) is 4.90 Å². The van der Waals surface area contributed by atoms with Crippen LogP contribution in [0.5, 0.6) is 0 Å². The fourth-order valence-electron chi connectivity index (χ4n) is 4.08. The van der Waals surface area contributed by atoms with Gasteiger partial charge in [0.05, 0.1) is 20.8 Å². The Kier molecular flexibility index (Phi) is 6.00. The van der Waals surface area contributed by atoms with Gasteiger partial charge in [-0.25, -0.2) is 8.42 Å². The quantitative estimate of drug-likeness (QED) is 0.322. The third-order valence-electron chi connectivity index (χ3n) is 5.96. The second-order valence-corrected chi connectivity index (χ2v) is 11.0. The molecule has 1 heterocycles. The minimum atomic E-state index is -3.75. The van der Waals surface area contributed by atoms with Crippen LogP contribution in [0.3, 0.4) is 0 Å². The van der Waals surface area contributed by atoms with Crippen molar-refractivity contribution >= 4 is 53.9 Å². The number of para-hydroxylation sites is 1. The highest BCUT2D eigenvalue weighted by atomic mass is 32.2. The van der Waals surface area contributed by atoms with Crippen molar-refractivity contribution in [3.8, 4) is 0 Å². The molecule has 0 aliphatic rings. The van der Waals surface area contributed by atoms with E-state index in [1.165, 1.54) is 47.0 Å². The summed E-state index contributed by atoms with van der Waals surface area (Å²) in [6.45, 7) is 2.70. The molecule has 0 N–H and O–H groups in total. The van der Waals surface area contributed by atoms with Crippen LogP contribution < -0.4 is 9.11 Å². The molecule has 176 valence electrons. The number of amides is 1. The zero-order valence-electron chi connectivity index (χ0n) is 19.3. The summed E-state index contributed by atoms with van der Waals surface area (Å²) in [6, 6.07) is 27.1. The highest BCUT2D eigenvalue weighted by Crippen LogP contribution is 2.27. The summed E-state index contributed by atoms with van der Waals surface area (Å²) < 4.78 is 30.4. The molecule has 0 fully saturated rings. The van der Waals surface area contributed by atoms with Gasteiger partial charge in [-0.2, -0.15) is 4.99 Å². The highest BCUT2D eigenvalue weighted by molar-refractivity contribution is 7.92. The van der Waals surface area contributed by atoms with Crippen LogP contribution in [0.15, 0.2) is 101 Å². The Morgan fingerprint density at radius 2 is 1.60 bits per heavy atom. The SMILES string of the molecule is CCn1c(=NC(=O)c2ccc(S(=O)(=O)N(C)c3ccccc3)cc2)sc2ccc3ccccc3c21. The maximum atomic E-state index is 13.0. The van der Waals surface area contributed by atoms with E-state index >= 15 is 0 Å². The van der Waals surface area contributed by atoms with Crippen LogP contribution >= 0.6 is 11.3 Å². The molecule has 5 rings (SSSR count). The highest BCUT2D eigenvalue weighted by Gasteiger charge is 2.21. The Morgan fingerprint density at radius 1 is 0.914 bits per heavy atom. The number of rotatable bonds is 5. The first-order valence-corrected chi connectivity index (χ1v) is 13.4. The van der Waals surface area contributed by atoms with Crippen molar-refractivity contribution < 1.29 is 13.2 Å². The number of thiazole rings is 1. The van der Waals surface area contributed by atoms with E-state index in [2.05, 4.69) is 29.3 Å². The van der Waals surface area contributed by atoms with E-state index < -0.39 is 15.9 Å². The third kappa shape index (κ3) is 4.15. The van der Waals surface area contributed by atoms with Gasteiger partial charge in [-0.15, -0.1) is 0 Å². The zero-order chi connectivity index (χ0) is 24.6. The maximum absolute atomic E-state index is 13.0. The number of sulfonamides is 1. The van der Waals surface area contributed by atoms with Crippen LogP contribution in [0.25, 0.3) is 21.0 Å². The number of hydrogen-bond donors (Lipinski definition) is 0. The number of carbonyl (C=O) groups excluding carboxylic acids is 1. The van der Waals surface area contributed by atoms with Crippen LogP contribution in [-0.2, 0) is 16.6 Å². The van der Waals surface area contributed by atoms with Crippen LogP contribution in [-0.4, -0.2) is 25.9 Å². The number of anilines is 1. The molecule has 6 nitrogen and oxygen atoms in total. The molecule has 8 heteroatoms. The van der Waals surface area contributed by atoms with Crippen LogP contribution in [0.1, 0.15) is 17.3 Å². The molecule has 4 aromatic carbocycles. The number of fused-ring (bicyclic) bond motifs is 3. The molecule has 0 bridgehead atoms. The number of aromatic nitrogens is 1. The predicted octanol–water partition coefficient (Wildman–Crippen LogP) is 5.44. The fourth-order valence-corrected chi connectivity index (χ4v) is 6.38. The second kappa shape index (κ2) is 9.13. The summed E-state index contributed by atoms with van der Waals surface area (Å²) in [4.78, 5) is 18.1. The summed E-state index contributed by atoms with van der Waals surface area (Å²) in [5, 5.41) is 2.25. The summed E-state index contributed by atoms with van der Waals surface area (Å²) >= 11 is 1.47. The zero-order valence-corrected chi connectivity index (χ0v) is 20.9. The number of aryl methyl sites for hydroxylation is 1. The van der Waals surface area contributed by atoms with Gasteiger partial charge in [0, 0.05) is 24.5 Å². The molecule has 0 saturated carbocycles. The monoisotopic (exact) mass is 501 g/mol. The van der Waals surface area contributed by atoms with Gasteiger partial charge in [0.1, 0.15) is 0 Å². The van der Waals surface area contributed by atoms with Crippen LogP contribution in [0.2, 0.25) is 0 Å². The Morgan fingerprint density at radius 3 is 2.31 bits per heavy atom. The Balaban J connectivity index is 1.50. The Labute approximate surface area is 207 Å². The van der Waals surface area contributed by atoms with E-state index in [4.69, 9.17) is 0 Å². The number of carbonyl (C=O) groups is 1. The second-order valence-electron chi connectivity index (χ2n) is 8.01. The van der Waals surface area contributed by atoms with Crippen LogP contribution in [0.4, 0.5) is 5.69 Å². The van der Waals surface area contributed by atoms with Gasteiger partial charge in [-0.1, -0.05) is 59.9 Å². The van der Waals surface area contributed by atoms with E-state index in [0.717, 1.165) is 21.0 Å². The average molecular weight is 502 g/mol. The van der Waals surface area contributed by atoms with E-state index in [9.17, 15) is 13.2 Å². The maximum Gasteiger partial charge on any atom is 0.279 e. The largest absolute Gasteiger partial charge is 0.316 e. The first-order valence-electron chi connectivity index (χ1n) is 11.1. The number of hydrogen-bond acceptors (Lipinski definition) is 4. The molecule has 0 atom stereocenters. The van der Waals surface area contributed by atoms with Gasteiger partial charge in [0.15, 0.2) is 4.80 Å². The van der Waals surface area contributed by atoms with Crippen LogP contribution in [0, 0.1) is 0 Å². The van der Waals surface area contributed by atoms with Crippen molar-refractivity contribution in [1.82, 2.24) is 4.57 Å². The Bertz CT molecular complexity index is 1720. The minimum absolute atomic E-state index is 0.109. The summed E-state index contributed by atoms with van der Waals surface area (Å²) in [6.07, 6.45) is 0. The van der Waals surface area contributed by atoms with E-state index in [1.807, 2.05) is 29.7 Å². The van der Waals surface area contributed by atoms with Crippen molar-refractivity contribution in [2.75, 3.05) is 11.4 Å². The lowest BCUT2D eigenvalue weighted by molar-refractivity contribution is 0.0997. The molecule has 0 unspecified atom stereocenters. The standard InChI is InChI=1S/C27H23N3O3S2/c1-3-30-25-23-12-8-7-9-19(23)15-18-24(25)34-27(30)28-26(31)20-13-16-22(17-14-20)35(32,33)29(2)21-10-5-4-6-11-21/h4-18H,3H2,1-2H3. The fraction of sp³-hybridized carbons (Fsp3) is 0.111. The van der Waals surface area contributed by atoms with Gasteiger partial charge in [-0.3, -0.25) is 9.10 Å². The normalized spacial score (nSPS) is 12.3. The van der Waals surface area contributed by atoms with Crippen molar-refractivity contribution in [1.29, 1.82) is 0 Å². The molecule has 1 aromatic heterocycles. The number of benzene rings is 4. The lowest BCUT2D eigenvalue weighted by Gasteiger charge is -2.19. The Hall–Kier alpha value is -3.75. The van der Waals surface area contributed by atoms with Crippen molar-refractivity contribution in [3.63, 3.8) is 0 Å². The average Bonchev–Trinajstić information content (AvgIpc) is 3.26. The van der Waals surface area contributed by atoms with Crippen molar-refractivity contribution in [3.05, 3.63) is 101 Å². The molecular weight excluding hydrogens is 478 g/mol.